The molecule has 1 amide bonds. The fourth-order valence-corrected chi connectivity index (χ4v) is 3.84. The van der Waals surface area contributed by atoms with Gasteiger partial charge < -0.3 is 14.7 Å². The highest BCUT2D eigenvalue weighted by molar-refractivity contribution is 6.07. The number of fused-ring (bicyclic) bond motifs is 1. The second-order valence-electron chi connectivity index (χ2n) is 8.32. The summed E-state index contributed by atoms with van der Waals surface area (Å²) >= 11 is 0. The van der Waals surface area contributed by atoms with Gasteiger partial charge in [0.15, 0.2) is 0 Å². The quantitative estimate of drug-likeness (QED) is 0.470. The molecule has 7 nitrogen and oxygen atoms in total. The van der Waals surface area contributed by atoms with Gasteiger partial charge in [-0.05, 0) is 50.1 Å². The lowest BCUT2D eigenvalue weighted by Crippen LogP contribution is -2.40. The molecule has 1 fully saturated rings. The Kier molecular flexibility index (Phi) is 5.31. The number of nitrogens with zero attached hydrogens (tertiary/aromatic N) is 4. The van der Waals surface area contributed by atoms with Crippen LogP contribution in [0.1, 0.15) is 41.7 Å². The highest BCUT2D eigenvalue weighted by Gasteiger charge is 2.32. The van der Waals surface area contributed by atoms with Crippen LogP contribution < -0.4 is 10.2 Å². The molecule has 0 bridgehead atoms. The molecule has 3 heterocycles. The Morgan fingerprint density at radius 1 is 1.22 bits per heavy atom. The first-order valence-corrected chi connectivity index (χ1v) is 10.9. The van der Waals surface area contributed by atoms with E-state index in [-0.39, 0.29) is 11.9 Å². The van der Waals surface area contributed by atoms with Crippen LogP contribution in [-0.2, 0) is 0 Å². The van der Waals surface area contributed by atoms with E-state index in [0.717, 1.165) is 35.2 Å². The Hall–Kier alpha value is -3.74. The van der Waals surface area contributed by atoms with Gasteiger partial charge in [0, 0.05) is 49.2 Å². The van der Waals surface area contributed by atoms with Crippen LogP contribution in [0.3, 0.4) is 0 Å². The van der Waals surface area contributed by atoms with Gasteiger partial charge in [0.1, 0.15) is 0 Å². The maximum absolute atomic E-state index is 13.4. The van der Waals surface area contributed by atoms with Crippen LogP contribution in [0.4, 0.5) is 5.69 Å². The maximum atomic E-state index is 13.4. The Morgan fingerprint density at radius 2 is 2.03 bits per heavy atom. The first-order chi connectivity index (χ1) is 15.6. The van der Waals surface area contributed by atoms with E-state index in [4.69, 9.17) is 4.52 Å². The van der Waals surface area contributed by atoms with E-state index in [9.17, 15) is 4.79 Å². The number of likely N-dealkylation sites (N-methyl/N-ethyl adjacent to an activating group) is 1. The second-order valence-corrected chi connectivity index (χ2v) is 8.32. The minimum absolute atomic E-state index is 0.113. The molecule has 0 spiro atoms. The molecule has 1 aliphatic carbocycles. The molecule has 1 unspecified atom stereocenters. The Morgan fingerprint density at radius 3 is 2.75 bits per heavy atom. The average molecular weight is 428 g/mol. The lowest BCUT2D eigenvalue weighted by Gasteiger charge is -2.27. The number of carbonyl (C=O) groups excluding carboxylic acids is 1. The van der Waals surface area contributed by atoms with Crippen molar-refractivity contribution in [1.29, 1.82) is 0 Å². The van der Waals surface area contributed by atoms with Crippen LogP contribution in [0, 0.1) is 0 Å². The lowest BCUT2D eigenvalue weighted by molar-refractivity contribution is 0.0953. The van der Waals surface area contributed by atoms with Gasteiger partial charge in [0.05, 0.1) is 22.3 Å². The van der Waals surface area contributed by atoms with E-state index < -0.39 is 0 Å². The number of aromatic nitrogens is 3. The highest BCUT2D eigenvalue weighted by atomic mass is 16.5. The normalized spacial score (nSPS) is 14.3. The molecular formula is C25H25N5O2. The van der Waals surface area contributed by atoms with Crippen molar-refractivity contribution in [1.82, 2.24) is 20.4 Å². The number of pyridine rings is 2. The maximum Gasteiger partial charge on any atom is 0.259 e. The number of nitrogens with one attached hydrogen (secondary N) is 1. The molecule has 0 saturated heterocycles. The Bertz CT molecular complexity index is 1240. The van der Waals surface area contributed by atoms with E-state index in [1.165, 1.54) is 0 Å². The molecule has 3 aromatic heterocycles. The minimum atomic E-state index is -0.152. The third kappa shape index (κ3) is 3.93. The lowest BCUT2D eigenvalue weighted by atomic mass is 10.0. The SMILES string of the molecule is CC(CNC(=O)c1cc(-c2cccnc2)nc2onc(C3CC3)c12)N(C)c1ccccc1. The summed E-state index contributed by atoms with van der Waals surface area (Å²) in [6.07, 6.45) is 5.56. The van der Waals surface area contributed by atoms with Gasteiger partial charge in [-0.2, -0.15) is 0 Å². The number of para-hydroxylation sites is 1. The predicted molar refractivity (Wildman–Crippen MR) is 124 cm³/mol. The van der Waals surface area contributed by atoms with Crippen molar-refractivity contribution in [2.45, 2.75) is 31.7 Å². The fraction of sp³-hybridized carbons (Fsp3) is 0.280. The van der Waals surface area contributed by atoms with Gasteiger partial charge in [0.25, 0.3) is 11.6 Å². The largest absolute Gasteiger partial charge is 0.370 e. The second kappa shape index (κ2) is 8.42. The topological polar surface area (TPSA) is 84.2 Å². The summed E-state index contributed by atoms with van der Waals surface area (Å²) in [5.74, 6) is 0.193. The van der Waals surface area contributed by atoms with Crippen molar-refractivity contribution in [2.24, 2.45) is 0 Å². The number of hydrogen-bond donors (Lipinski definition) is 1. The molecule has 0 radical (unpaired) electrons. The van der Waals surface area contributed by atoms with Crippen LogP contribution >= 0.6 is 0 Å². The van der Waals surface area contributed by atoms with Crippen molar-refractivity contribution in [3.63, 3.8) is 0 Å². The van der Waals surface area contributed by atoms with Crippen molar-refractivity contribution in [2.75, 3.05) is 18.5 Å². The molecule has 7 heteroatoms. The van der Waals surface area contributed by atoms with Crippen LogP contribution in [-0.4, -0.2) is 40.7 Å². The third-order valence-corrected chi connectivity index (χ3v) is 6.02. The standard InChI is InChI=1S/C25H25N5O2/c1-16(30(2)19-8-4-3-5-9-19)14-27-24(31)20-13-21(18-7-6-12-26-15-18)28-25-22(20)23(29-32-25)17-10-11-17/h3-9,12-13,15-17H,10-11,14H2,1-2H3,(H,27,31). The minimum Gasteiger partial charge on any atom is -0.370 e. The van der Waals surface area contributed by atoms with Crippen LogP contribution in [0.2, 0.25) is 0 Å². The molecule has 1 atom stereocenters. The highest BCUT2D eigenvalue weighted by Crippen LogP contribution is 2.43. The number of anilines is 1. The van der Waals surface area contributed by atoms with Crippen molar-refractivity contribution < 1.29 is 9.32 Å². The van der Waals surface area contributed by atoms with Crippen LogP contribution in [0.5, 0.6) is 0 Å². The zero-order valence-corrected chi connectivity index (χ0v) is 18.2. The van der Waals surface area contributed by atoms with E-state index in [0.29, 0.717) is 29.4 Å². The summed E-state index contributed by atoms with van der Waals surface area (Å²) in [5.41, 5.74) is 4.35. The van der Waals surface area contributed by atoms with E-state index in [1.54, 1.807) is 12.4 Å². The Labute approximate surface area is 186 Å². The molecule has 4 aromatic rings. The smallest absolute Gasteiger partial charge is 0.259 e. The summed E-state index contributed by atoms with van der Waals surface area (Å²) in [6, 6.07) is 15.8. The molecule has 162 valence electrons. The molecule has 1 aromatic carbocycles. The summed E-state index contributed by atoms with van der Waals surface area (Å²) in [6.45, 7) is 2.59. The molecule has 5 rings (SSSR count). The number of amides is 1. The van der Waals surface area contributed by atoms with Crippen molar-refractivity contribution in [3.8, 4) is 11.3 Å². The van der Waals surface area contributed by atoms with Gasteiger partial charge in [-0.15, -0.1) is 0 Å². The number of carbonyl (C=O) groups is 1. The Balaban J connectivity index is 1.44. The molecule has 32 heavy (non-hydrogen) atoms. The van der Waals surface area contributed by atoms with Gasteiger partial charge in [-0.25, -0.2) is 4.98 Å². The first-order valence-electron chi connectivity index (χ1n) is 10.9. The number of benzene rings is 1. The average Bonchev–Trinajstić information content (AvgIpc) is 3.60. The van der Waals surface area contributed by atoms with Crippen molar-refractivity contribution in [3.05, 3.63) is 72.2 Å². The van der Waals surface area contributed by atoms with Gasteiger partial charge in [-0.3, -0.25) is 9.78 Å². The van der Waals surface area contributed by atoms with Crippen LogP contribution in [0.15, 0.2) is 65.4 Å². The van der Waals surface area contributed by atoms with E-state index >= 15 is 0 Å². The van der Waals surface area contributed by atoms with Gasteiger partial charge >= 0.3 is 0 Å². The summed E-state index contributed by atoms with van der Waals surface area (Å²) in [7, 11) is 2.03. The number of hydrogen-bond acceptors (Lipinski definition) is 6. The van der Waals surface area contributed by atoms with Crippen LogP contribution in [0.25, 0.3) is 22.4 Å². The van der Waals surface area contributed by atoms with Gasteiger partial charge in [-0.1, -0.05) is 23.4 Å². The monoisotopic (exact) mass is 427 g/mol. The van der Waals surface area contributed by atoms with E-state index in [1.807, 2.05) is 43.4 Å². The molecule has 1 N–H and O–H groups in total. The zero-order valence-electron chi connectivity index (χ0n) is 18.2. The summed E-state index contributed by atoms with van der Waals surface area (Å²) in [5, 5.41) is 8.08. The molecular weight excluding hydrogens is 402 g/mol. The molecule has 0 aliphatic heterocycles. The third-order valence-electron chi connectivity index (χ3n) is 6.02. The number of rotatable bonds is 7. The van der Waals surface area contributed by atoms with Gasteiger partial charge in [0.2, 0.25) is 0 Å². The van der Waals surface area contributed by atoms with Crippen molar-refractivity contribution >= 4 is 22.7 Å². The molecule has 1 saturated carbocycles. The fourth-order valence-electron chi connectivity index (χ4n) is 3.84. The summed E-state index contributed by atoms with van der Waals surface area (Å²) < 4.78 is 5.56. The first kappa shape index (κ1) is 20.2. The predicted octanol–water partition coefficient (Wildman–Crippen LogP) is 4.42. The molecule has 1 aliphatic rings. The summed E-state index contributed by atoms with van der Waals surface area (Å²) in [4.78, 5) is 24.3. The van der Waals surface area contributed by atoms with E-state index in [2.05, 4.69) is 44.4 Å². The zero-order chi connectivity index (χ0) is 22.1.